The Morgan fingerprint density at radius 3 is 2.31 bits per heavy atom. The molecule has 4 rings (SSSR count). The van der Waals surface area contributed by atoms with Crippen LogP contribution >= 0.6 is 11.6 Å². The van der Waals surface area contributed by atoms with Crippen molar-refractivity contribution in [3.8, 4) is 5.69 Å². The van der Waals surface area contributed by atoms with Crippen molar-refractivity contribution in [3.63, 3.8) is 0 Å². The summed E-state index contributed by atoms with van der Waals surface area (Å²) >= 11 is 6.24. The summed E-state index contributed by atoms with van der Waals surface area (Å²) in [7, 11) is -3.40. The van der Waals surface area contributed by atoms with Crippen LogP contribution in [0.3, 0.4) is 0 Å². The highest BCUT2D eigenvalue weighted by Crippen LogP contribution is 2.34. The number of rotatable bonds is 3. The number of sulfone groups is 1. The van der Waals surface area contributed by atoms with E-state index >= 15 is 0 Å². The third-order valence-corrected chi connectivity index (χ3v) is 7.75. The van der Waals surface area contributed by atoms with Crippen LogP contribution in [0.25, 0.3) is 5.69 Å². The number of amides is 1. The van der Waals surface area contributed by atoms with Gasteiger partial charge in [0.1, 0.15) is 0 Å². The minimum absolute atomic E-state index is 0.0733. The summed E-state index contributed by atoms with van der Waals surface area (Å²) in [5, 5.41) is -0.244. The van der Waals surface area contributed by atoms with Crippen LogP contribution in [0.2, 0.25) is 5.02 Å². The fourth-order valence-corrected chi connectivity index (χ4v) is 5.85. The van der Waals surface area contributed by atoms with E-state index < -0.39 is 15.1 Å². The Labute approximate surface area is 175 Å². The minimum Gasteiger partial charge on any atom is -0.338 e. The molecule has 1 aliphatic heterocycles. The minimum atomic E-state index is -3.40. The van der Waals surface area contributed by atoms with Crippen LogP contribution < -0.4 is 0 Å². The van der Waals surface area contributed by atoms with Gasteiger partial charge in [-0.3, -0.25) is 4.79 Å². The maximum atomic E-state index is 13.0. The van der Waals surface area contributed by atoms with Crippen LogP contribution in [0.5, 0.6) is 0 Å². The van der Waals surface area contributed by atoms with Gasteiger partial charge in [0.2, 0.25) is 0 Å². The summed E-state index contributed by atoms with van der Waals surface area (Å²) in [6.45, 7) is 0.550. The molecule has 0 saturated carbocycles. The fourth-order valence-electron chi connectivity index (χ4n) is 3.70. The van der Waals surface area contributed by atoms with Crippen molar-refractivity contribution in [3.05, 3.63) is 89.2 Å². The Balaban J connectivity index is 1.53. The third kappa shape index (κ3) is 4.09. The molecule has 150 valence electrons. The standard InChI is InChI=1S/C22H21ClN2O3S/c23-20-6-2-1-5-19(20)21-11-14-25(15-16-29(21,27)28)22(26)17-7-9-18(10-8-17)24-12-3-4-13-24/h1-10,12-13,21H,11,14-16H2. The zero-order valence-electron chi connectivity index (χ0n) is 15.7. The summed E-state index contributed by atoms with van der Waals surface area (Å²) in [5.41, 5.74) is 2.12. The van der Waals surface area contributed by atoms with E-state index in [9.17, 15) is 13.2 Å². The summed E-state index contributed by atoms with van der Waals surface area (Å²) < 4.78 is 27.6. The fraction of sp³-hybridized carbons (Fsp3) is 0.227. The summed E-state index contributed by atoms with van der Waals surface area (Å²) in [6.07, 6.45) is 4.20. The molecule has 3 aromatic rings. The molecule has 2 aromatic carbocycles. The first-order valence-corrected chi connectivity index (χ1v) is 11.5. The molecule has 7 heteroatoms. The van der Waals surface area contributed by atoms with Crippen molar-refractivity contribution in [1.82, 2.24) is 9.47 Å². The first-order chi connectivity index (χ1) is 14.0. The van der Waals surface area contributed by atoms with Crippen molar-refractivity contribution in [1.29, 1.82) is 0 Å². The third-order valence-electron chi connectivity index (χ3n) is 5.30. The van der Waals surface area contributed by atoms with Crippen LogP contribution in [-0.4, -0.2) is 42.6 Å². The molecule has 1 fully saturated rings. The van der Waals surface area contributed by atoms with Gasteiger partial charge in [0.05, 0.1) is 11.0 Å². The van der Waals surface area contributed by atoms with E-state index in [0.29, 0.717) is 29.1 Å². The maximum Gasteiger partial charge on any atom is 0.253 e. The number of carbonyl (C=O) groups excluding carboxylic acids is 1. The van der Waals surface area contributed by atoms with Crippen molar-refractivity contribution >= 4 is 27.3 Å². The Bertz CT molecular complexity index is 1110. The molecule has 0 radical (unpaired) electrons. The number of halogens is 1. The van der Waals surface area contributed by atoms with Gasteiger partial charge in [-0.05, 0) is 54.4 Å². The molecule has 1 unspecified atom stereocenters. The van der Waals surface area contributed by atoms with E-state index in [0.717, 1.165) is 5.69 Å². The van der Waals surface area contributed by atoms with Gasteiger partial charge in [0.25, 0.3) is 5.91 Å². The molecular weight excluding hydrogens is 408 g/mol. The van der Waals surface area contributed by atoms with E-state index in [4.69, 9.17) is 11.6 Å². The number of benzene rings is 2. The Kier molecular flexibility index (Phi) is 5.48. The first-order valence-electron chi connectivity index (χ1n) is 9.44. The predicted molar refractivity (Wildman–Crippen MR) is 114 cm³/mol. The highest BCUT2D eigenvalue weighted by atomic mass is 35.5. The highest BCUT2D eigenvalue weighted by molar-refractivity contribution is 7.91. The van der Waals surface area contributed by atoms with Gasteiger partial charge in [-0.2, -0.15) is 0 Å². The molecule has 2 heterocycles. The van der Waals surface area contributed by atoms with Gasteiger partial charge in [-0.15, -0.1) is 0 Å². The smallest absolute Gasteiger partial charge is 0.253 e. The molecule has 0 spiro atoms. The molecule has 1 amide bonds. The normalized spacial score (nSPS) is 18.9. The molecule has 1 atom stereocenters. The second kappa shape index (κ2) is 8.05. The lowest BCUT2D eigenvalue weighted by Crippen LogP contribution is -2.33. The zero-order chi connectivity index (χ0) is 20.4. The molecule has 1 aliphatic rings. The second-order valence-electron chi connectivity index (χ2n) is 7.10. The molecule has 0 N–H and O–H groups in total. The largest absolute Gasteiger partial charge is 0.338 e. The maximum absolute atomic E-state index is 13.0. The lowest BCUT2D eigenvalue weighted by Gasteiger charge is -2.20. The Morgan fingerprint density at radius 1 is 0.931 bits per heavy atom. The predicted octanol–water partition coefficient (Wildman–Crippen LogP) is 4.13. The van der Waals surface area contributed by atoms with Crippen molar-refractivity contribution in [2.75, 3.05) is 18.8 Å². The summed E-state index contributed by atoms with van der Waals surface area (Å²) in [6, 6.07) is 18.2. The van der Waals surface area contributed by atoms with Crippen LogP contribution in [-0.2, 0) is 9.84 Å². The molecular formula is C22H21ClN2O3S. The Morgan fingerprint density at radius 2 is 1.62 bits per heavy atom. The van der Waals surface area contributed by atoms with Gasteiger partial charge >= 0.3 is 0 Å². The van der Waals surface area contributed by atoms with E-state index in [2.05, 4.69) is 0 Å². The van der Waals surface area contributed by atoms with Crippen molar-refractivity contribution in [2.24, 2.45) is 0 Å². The summed E-state index contributed by atoms with van der Waals surface area (Å²) in [5.74, 6) is -0.227. The monoisotopic (exact) mass is 428 g/mol. The number of aromatic nitrogens is 1. The Hall–Kier alpha value is -2.57. The van der Waals surface area contributed by atoms with Crippen LogP contribution in [0.15, 0.2) is 73.1 Å². The lowest BCUT2D eigenvalue weighted by molar-refractivity contribution is 0.0766. The van der Waals surface area contributed by atoms with E-state index in [1.54, 1.807) is 41.3 Å². The van der Waals surface area contributed by atoms with Crippen molar-refractivity contribution < 1.29 is 13.2 Å². The topological polar surface area (TPSA) is 59.4 Å². The van der Waals surface area contributed by atoms with Crippen LogP contribution in [0.4, 0.5) is 0 Å². The molecule has 0 bridgehead atoms. The van der Waals surface area contributed by atoms with Crippen molar-refractivity contribution in [2.45, 2.75) is 11.7 Å². The van der Waals surface area contributed by atoms with Crippen LogP contribution in [0, 0.1) is 0 Å². The average Bonchev–Trinajstić information content (AvgIpc) is 3.21. The van der Waals surface area contributed by atoms with Gasteiger partial charge in [-0.1, -0.05) is 29.8 Å². The molecule has 1 saturated heterocycles. The van der Waals surface area contributed by atoms with Crippen LogP contribution in [0.1, 0.15) is 27.6 Å². The van der Waals surface area contributed by atoms with Gasteiger partial charge in [-0.25, -0.2) is 8.42 Å². The number of nitrogens with zero attached hydrogens (tertiary/aromatic N) is 2. The highest BCUT2D eigenvalue weighted by Gasteiger charge is 2.33. The molecule has 29 heavy (non-hydrogen) atoms. The number of hydrogen-bond acceptors (Lipinski definition) is 3. The quantitative estimate of drug-likeness (QED) is 0.630. The van der Waals surface area contributed by atoms with Gasteiger partial charge in [0, 0.05) is 41.8 Å². The first kappa shape index (κ1) is 19.7. The number of hydrogen-bond donors (Lipinski definition) is 0. The van der Waals surface area contributed by atoms with E-state index in [1.807, 2.05) is 41.2 Å². The SMILES string of the molecule is O=C(c1ccc(-n2cccc2)cc1)N1CCC(c2ccccc2Cl)S(=O)(=O)CC1. The van der Waals surface area contributed by atoms with Gasteiger partial charge in [0.15, 0.2) is 9.84 Å². The summed E-state index contributed by atoms with van der Waals surface area (Å²) in [4.78, 5) is 14.6. The van der Waals surface area contributed by atoms with E-state index in [-0.39, 0.29) is 18.2 Å². The van der Waals surface area contributed by atoms with E-state index in [1.165, 1.54) is 0 Å². The molecule has 0 aliphatic carbocycles. The molecule has 5 nitrogen and oxygen atoms in total. The zero-order valence-corrected chi connectivity index (χ0v) is 17.3. The molecule has 1 aromatic heterocycles. The number of carbonyl (C=O) groups is 1. The second-order valence-corrected chi connectivity index (χ2v) is 9.81. The van der Waals surface area contributed by atoms with Gasteiger partial charge < -0.3 is 9.47 Å². The lowest BCUT2D eigenvalue weighted by atomic mass is 10.1. The average molecular weight is 429 g/mol.